The molecule has 196 valence electrons. The van der Waals surface area contributed by atoms with Gasteiger partial charge in [-0.2, -0.15) is 0 Å². The van der Waals surface area contributed by atoms with Crippen molar-refractivity contribution in [2.45, 2.75) is 44.6 Å². The lowest BCUT2D eigenvalue weighted by atomic mass is 9.71. The number of nitrogens with one attached hydrogen (secondary N) is 1. The number of carbonyl (C=O) groups excluding carboxylic acids is 1. The quantitative estimate of drug-likeness (QED) is 0.152. The molecule has 0 amide bonds. The fourth-order valence-corrected chi connectivity index (χ4v) is 5.89. The maximum atomic E-state index is 13.9. The Labute approximate surface area is 227 Å². The summed E-state index contributed by atoms with van der Waals surface area (Å²) in [7, 11) is 0. The number of unbranched alkanes of at least 4 members (excludes halogenated alkanes) is 1. The zero-order valence-corrected chi connectivity index (χ0v) is 21.9. The van der Waals surface area contributed by atoms with Gasteiger partial charge in [0.25, 0.3) is 5.69 Å². The van der Waals surface area contributed by atoms with E-state index in [1.54, 1.807) is 12.1 Å². The van der Waals surface area contributed by atoms with Gasteiger partial charge >= 0.3 is 0 Å². The Kier molecular flexibility index (Phi) is 6.61. The van der Waals surface area contributed by atoms with E-state index in [1.807, 2.05) is 24.3 Å². The number of nitro groups is 1. The zero-order valence-electron chi connectivity index (χ0n) is 21.9. The van der Waals surface area contributed by atoms with Crippen LogP contribution >= 0.6 is 0 Å². The van der Waals surface area contributed by atoms with Gasteiger partial charge in [0.05, 0.1) is 17.6 Å². The Hall–Kier alpha value is -4.45. The summed E-state index contributed by atoms with van der Waals surface area (Å²) in [6.07, 6.45) is 3.27. The van der Waals surface area contributed by atoms with Crippen molar-refractivity contribution in [2.24, 2.45) is 0 Å². The fourth-order valence-electron chi connectivity index (χ4n) is 5.89. The van der Waals surface area contributed by atoms with Gasteiger partial charge in [0, 0.05) is 35.4 Å². The molecule has 0 radical (unpaired) electrons. The van der Waals surface area contributed by atoms with Gasteiger partial charge in [-0.05, 0) is 76.6 Å². The molecule has 0 saturated heterocycles. The highest BCUT2D eigenvalue weighted by Gasteiger charge is 2.38. The molecule has 4 aromatic carbocycles. The number of ketones is 1. The molecule has 6 nitrogen and oxygen atoms in total. The number of benzene rings is 4. The first kappa shape index (κ1) is 24.9. The summed E-state index contributed by atoms with van der Waals surface area (Å²) in [5, 5.41) is 17.1. The lowest BCUT2D eigenvalue weighted by molar-refractivity contribution is -0.384. The van der Waals surface area contributed by atoms with Gasteiger partial charge in [0.15, 0.2) is 5.78 Å². The summed E-state index contributed by atoms with van der Waals surface area (Å²) in [4.78, 5) is 24.8. The van der Waals surface area contributed by atoms with Crippen molar-refractivity contribution in [1.82, 2.24) is 0 Å². The van der Waals surface area contributed by atoms with Crippen molar-refractivity contribution < 1.29 is 14.5 Å². The number of rotatable bonds is 7. The number of fused-ring (bicyclic) bond motifs is 4. The van der Waals surface area contributed by atoms with E-state index < -0.39 is 4.92 Å². The number of nitro benzene ring substituents is 1. The predicted octanol–water partition coefficient (Wildman–Crippen LogP) is 7.99. The molecule has 0 aromatic heterocycles. The van der Waals surface area contributed by atoms with Gasteiger partial charge in [0.1, 0.15) is 5.75 Å². The molecule has 0 spiro atoms. The van der Waals surface area contributed by atoms with Crippen LogP contribution in [0.1, 0.15) is 61.3 Å². The Morgan fingerprint density at radius 1 is 0.923 bits per heavy atom. The van der Waals surface area contributed by atoms with Gasteiger partial charge in [0.2, 0.25) is 0 Å². The Morgan fingerprint density at radius 2 is 1.67 bits per heavy atom. The Morgan fingerprint density at radius 3 is 2.41 bits per heavy atom. The number of anilines is 1. The van der Waals surface area contributed by atoms with E-state index in [4.69, 9.17) is 4.74 Å². The number of ether oxygens (including phenoxy) is 1. The maximum Gasteiger partial charge on any atom is 0.269 e. The molecular weight excluding hydrogens is 488 g/mol. The predicted molar refractivity (Wildman–Crippen MR) is 154 cm³/mol. The Balaban J connectivity index is 1.42. The minimum Gasteiger partial charge on any atom is -0.494 e. The van der Waals surface area contributed by atoms with Gasteiger partial charge in [-0.3, -0.25) is 14.9 Å². The van der Waals surface area contributed by atoms with Gasteiger partial charge < -0.3 is 10.1 Å². The maximum absolute atomic E-state index is 13.9. The lowest BCUT2D eigenvalue weighted by Crippen LogP contribution is -2.29. The second-order valence-electron chi connectivity index (χ2n) is 10.3. The normalized spacial score (nSPS) is 18.3. The van der Waals surface area contributed by atoms with Crippen molar-refractivity contribution in [3.05, 3.63) is 117 Å². The third-order valence-corrected chi connectivity index (χ3v) is 7.88. The molecule has 1 N–H and O–H groups in total. The summed E-state index contributed by atoms with van der Waals surface area (Å²) in [5.41, 5.74) is 5.89. The standard InChI is InChI=1S/C33H30N2O4/c1-2-3-18-39-26-15-10-21(11-16-26)24-19-28-31-27-7-5-4-6-22(27)12-17-29(31)34-33(32(28)30(36)20-24)23-8-13-25(14-9-23)35(37)38/h4-17,24,33-34H,2-3,18-20H2,1H3/t24-,33-/m0/s1. The molecule has 0 fully saturated rings. The first-order valence-corrected chi connectivity index (χ1v) is 13.6. The van der Waals surface area contributed by atoms with Crippen LogP contribution in [-0.4, -0.2) is 17.3 Å². The molecule has 2 atom stereocenters. The van der Waals surface area contributed by atoms with Crippen molar-refractivity contribution in [3.8, 4) is 5.75 Å². The smallest absolute Gasteiger partial charge is 0.269 e. The molecule has 0 saturated carbocycles. The topological polar surface area (TPSA) is 81.5 Å². The number of Topliss-reactive ketones (excluding diaryl/α,β-unsaturated/α-hetero) is 1. The Bertz CT molecular complexity index is 1590. The zero-order chi connectivity index (χ0) is 26.9. The number of allylic oxidation sites excluding steroid dienone is 1. The van der Waals surface area contributed by atoms with Gasteiger partial charge in [-0.1, -0.05) is 55.8 Å². The molecule has 6 rings (SSSR count). The second-order valence-corrected chi connectivity index (χ2v) is 10.3. The molecule has 0 bridgehead atoms. The molecule has 0 unspecified atom stereocenters. The second kappa shape index (κ2) is 10.4. The third kappa shape index (κ3) is 4.67. The molecule has 1 aliphatic carbocycles. The van der Waals surface area contributed by atoms with Crippen LogP contribution in [0.2, 0.25) is 0 Å². The van der Waals surface area contributed by atoms with Crippen molar-refractivity contribution in [2.75, 3.05) is 11.9 Å². The van der Waals surface area contributed by atoms with Crippen LogP contribution in [0, 0.1) is 10.1 Å². The monoisotopic (exact) mass is 518 g/mol. The van der Waals surface area contributed by atoms with Crippen LogP contribution in [-0.2, 0) is 4.79 Å². The highest BCUT2D eigenvalue weighted by Crippen LogP contribution is 2.51. The summed E-state index contributed by atoms with van der Waals surface area (Å²) < 4.78 is 5.85. The largest absolute Gasteiger partial charge is 0.494 e. The van der Waals surface area contributed by atoms with Crippen molar-refractivity contribution in [1.29, 1.82) is 0 Å². The highest BCUT2D eigenvalue weighted by atomic mass is 16.6. The van der Waals surface area contributed by atoms with E-state index in [2.05, 4.69) is 48.6 Å². The number of nitrogens with zero attached hydrogens (tertiary/aromatic N) is 1. The molecule has 1 heterocycles. The van der Waals surface area contributed by atoms with Crippen LogP contribution in [0.25, 0.3) is 16.3 Å². The van der Waals surface area contributed by atoms with Crippen LogP contribution in [0.3, 0.4) is 0 Å². The average molecular weight is 519 g/mol. The van der Waals surface area contributed by atoms with E-state index in [9.17, 15) is 14.9 Å². The first-order valence-electron chi connectivity index (χ1n) is 13.6. The number of hydrogen-bond donors (Lipinski definition) is 1. The summed E-state index contributed by atoms with van der Waals surface area (Å²) in [6, 6.07) is 26.8. The van der Waals surface area contributed by atoms with E-state index >= 15 is 0 Å². The van der Waals surface area contributed by atoms with Crippen LogP contribution in [0.4, 0.5) is 11.4 Å². The molecule has 39 heavy (non-hydrogen) atoms. The average Bonchev–Trinajstić information content (AvgIpc) is 2.97. The number of non-ortho nitro benzene ring substituents is 1. The van der Waals surface area contributed by atoms with Crippen LogP contribution < -0.4 is 10.1 Å². The molecule has 4 aromatic rings. The highest BCUT2D eigenvalue weighted by molar-refractivity contribution is 6.13. The van der Waals surface area contributed by atoms with E-state index in [1.165, 1.54) is 12.1 Å². The molecular formula is C33H30N2O4. The molecule has 2 aliphatic rings. The lowest BCUT2D eigenvalue weighted by Gasteiger charge is -2.37. The summed E-state index contributed by atoms with van der Waals surface area (Å²) in [5.74, 6) is 1.02. The van der Waals surface area contributed by atoms with Crippen LogP contribution in [0.15, 0.2) is 90.5 Å². The molecule has 1 aliphatic heterocycles. The van der Waals surface area contributed by atoms with Gasteiger partial charge in [-0.25, -0.2) is 0 Å². The van der Waals surface area contributed by atoms with Crippen molar-refractivity contribution >= 4 is 33.5 Å². The van der Waals surface area contributed by atoms with E-state index in [-0.39, 0.29) is 23.4 Å². The van der Waals surface area contributed by atoms with E-state index in [0.29, 0.717) is 13.0 Å². The number of carbonyl (C=O) groups is 1. The SMILES string of the molecule is CCCCOc1ccc([C@@H]2CC(=O)C3=C(C2)c2c(ccc4ccccc24)N[C@H]3c2ccc([N+](=O)[O-])cc2)cc1. The molecule has 6 heteroatoms. The summed E-state index contributed by atoms with van der Waals surface area (Å²) in [6.45, 7) is 2.85. The third-order valence-electron chi connectivity index (χ3n) is 7.88. The first-order chi connectivity index (χ1) is 19.0. The van der Waals surface area contributed by atoms with E-state index in [0.717, 1.165) is 69.3 Å². The van der Waals surface area contributed by atoms with Crippen molar-refractivity contribution in [3.63, 3.8) is 0 Å². The number of hydrogen-bond acceptors (Lipinski definition) is 5. The summed E-state index contributed by atoms with van der Waals surface area (Å²) >= 11 is 0. The fraction of sp³-hybridized carbons (Fsp3) is 0.242. The minimum absolute atomic E-state index is 0.0345. The minimum atomic E-state index is -0.402. The van der Waals surface area contributed by atoms with Crippen LogP contribution in [0.5, 0.6) is 5.75 Å². The van der Waals surface area contributed by atoms with Gasteiger partial charge in [-0.15, -0.1) is 0 Å².